The Kier molecular flexibility index (Phi) is 4.06. The van der Waals surface area contributed by atoms with Crippen LogP contribution in [0, 0.1) is 0 Å². The molecule has 1 aromatic heterocycles. The number of aryl methyl sites for hydroxylation is 1. The van der Waals surface area contributed by atoms with Crippen LogP contribution in [0.4, 0.5) is 0 Å². The minimum absolute atomic E-state index is 0.747. The summed E-state index contributed by atoms with van der Waals surface area (Å²) in [5, 5.41) is 5.75. The second-order valence-electron chi connectivity index (χ2n) is 5.16. The van der Waals surface area contributed by atoms with E-state index in [2.05, 4.69) is 34.5 Å². The Morgan fingerprint density at radius 2 is 2.26 bits per heavy atom. The summed E-state index contributed by atoms with van der Waals surface area (Å²) in [5.74, 6) is 1.13. The zero-order chi connectivity index (χ0) is 13.2. The molecule has 0 aliphatic heterocycles. The molecule has 2 aromatic rings. The Labute approximate surface area is 123 Å². The first-order valence-corrected chi connectivity index (χ1v) is 8.54. The lowest BCUT2D eigenvalue weighted by atomic mass is 10.2. The van der Waals surface area contributed by atoms with Gasteiger partial charge in [0.05, 0.1) is 0 Å². The standard InChI is InChI=1S/C15H19ClN2S/c1-19-7-6-18-10-11(9-17-13-3-4-13)14-5-2-12(16)8-15(14)18/h2,5,8,10,13,17H,3-4,6-7,9H2,1H3. The molecule has 1 heterocycles. The third kappa shape index (κ3) is 3.10. The molecule has 19 heavy (non-hydrogen) atoms. The van der Waals surface area contributed by atoms with E-state index in [-0.39, 0.29) is 0 Å². The number of rotatable bonds is 6. The third-order valence-corrected chi connectivity index (χ3v) is 4.45. The zero-order valence-electron chi connectivity index (χ0n) is 11.2. The molecule has 1 saturated carbocycles. The van der Waals surface area contributed by atoms with Gasteiger partial charge in [0.1, 0.15) is 0 Å². The van der Waals surface area contributed by atoms with Crippen molar-refractivity contribution >= 4 is 34.3 Å². The van der Waals surface area contributed by atoms with Crippen LogP contribution in [0.15, 0.2) is 24.4 Å². The quantitative estimate of drug-likeness (QED) is 0.870. The summed E-state index contributed by atoms with van der Waals surface area (Å²) in [5.41, 5.74) is 2.65. The zero-order valence-corrected chi connectivity index (χ0v) is 12.7. The molecule has 102 valence electrons. The molecule has 1 aliphatic rings. The minimum Gasteiger partial charge on any atom is -0.346 e. The van der Waals surface area contributed by atoms with Gasteiger partial charge in [-0.25, -0.2) is 0 Å². The van der Waals surface area contributed by atoms with Gasteiger partial charge in [-0.05, 0) is 36.8 Å². The van der Waals surface area contributed by atoms with Crippen molar-refractivity contribution in [2.24, 2.45) is 0 Å². The van der Waals surface area contributed by atoms with Crippen molar-refractivity contribution in [3.05, 3.63) is 35.0 Å². The highest BCUT2D eigenvalue weighted by atomic mass is 35.5. The topological polar surface area (TPSA) is 17.0 Å². The lowest BCUT2D eigenvalue weighted by Crippen LogP contribution is -2.14. The Balaban J connectivity index is 1.91. The highest BCUT2D eigenvalue weighted by molar-refractivity contribution is 7.98. The van der Waals surface area contributed by atoms with E-state index in [4.69, 9.17) is 11.6 Å². The van der Waals surface area contributed by atoms with Gasteiger partial charge >= 0.3 is 0 Å². The highest BCUT2D eigenvalue weighted by Gasteiger charge is 2.20. The predicted octanol–water partition coefficient (Wildman–Crippen LogP) is 3.91. The number of hydrogen-bond donors (Lipinski definition) is 1. The van der Waals surface area contributed by atoms with Crippen LogP contribution in [0.2, 0.25) is 5.02 Å². The van der Waals surface area contributed by atoms with Crippen LogP contribution >= 0.6 is 23.4 Å². The molecule has 1 N–H and O–H groups in total. The largest absolute Gasteiger partial charge is 0.346 e. The Bertz CT molecular complexity index is 575. The van der Waals surface area contributed by atoms with Crippen LogP contribution in [0.25, 0.3) is 10.9 Å². The van der Waals surface area contributed by atoms with Crippen LogP contribution in [-0.4, -0.2) is 22.6 Å². The fourth-order valence-corrected chi connectivity index (χ4v) is 2.94. The maximum Gasteiger partial charge on any atom is 0.0498 e. The normalized spacial score (nSPS) is 15.3. The average Bonchev–Trinajstić information content (AvgIpc) is 3.17. The number of benzene rings is 1. The van der Waals surface area contributed by atoms with Gasteiger partial charge in [-0.1, -0.05) is 17.7 Å². The van der Waals surface area contributed by atoms with Crippen LogP contribution in [0.5, 0.6) is 0 Å². The summed E-state index contributed by atoms with van der Waals surface area (Å²) in [4.78, 5) is 0. The van der Waals surface area contributed by atoms with Crippen molar-refractivity contribution in [3.63, 3.8) is 0 Å². The Hall–Kier alpha value is -0.640. The summed E-state index contributed by atoms with van der Waals surface area (Å²) in [6.07, 6.45) is 7.09. The number of aromatic nitrogens is 1. The van der Waals surface area contributed by atoms with Gasteiger partial charge in [0.15, 0.2) is 0 Å². The molecule has 0 unspecified atom stereocenters. The van der Waals surface area contributed by atoms with Gasteiger partial charge in [0.2, 0.25) is 0 Å². The van der Waals surface area contributed by atoms with E-state index in [9.17, 15) is 0 Å². The van der Waals surface area contributed by atoms with Crippen molar-refractivity contribution in [2.75, 3.05) is 12.0 Å². The van der Waals surface area contributed by atoms with E-state index in [0.717, 1.165) is 29.9 Å². The van der Waals surface area contributed by atoms with E-state index >= 15 is 0 Å². The number of halogens is 1. The van der Waals surface area contributed by atoms with E-state index in [1.807, 2.05) is 17.8 Å². The average molecular weight is 295 g/mol. The molecule has 1 aliphatic carbocycles. The maximum absolute atomic E-state index is 6.14. The first-order chi connectivity index (χ1) is 9.28. The van der Waals surface area contributed by atoms with E-state index in [1.54, 1.807) is 0 Å². The third-order valence-electron chi connectivity index (χ3n) is 3.62. The molecule has 0 saturated heterocycles. The molecule has 1 aromatic carbocycles. The van der Waals surface area contributed by atoms with Gasteiger partial charge in [-0.2, -0.15) is 11.8 Å². The number of hydrogen-bond acceptors (Lipinski definition) is 2. The van der Waals surface area contributed by atoms with Crippen LogP contribution in [-0.2, 0) is 13.1 Å². The van der Waals surface area contributed by atoms with E-state index < -0.39 is 0 Å². The van der Waals surface area contributed by atoms with Crippen molar-refractivity contribution in [1.82, 2.24) is 9.88 Å². The number of fused-ring (bicyclic) bond motifs is 1. The molecule has 2 nitrogen and oxygen atoms in total. The van der Waals surface area contributed by atoms with Crippen molar-refractivity contribution in [3.8, 4) is 0 Å². The van der Waals surface area contributed by atoms with Gasteiger partial charge in [-0.15, -0.1) is 0 Å². The molecule has 3 rings (SSSR count). The minimum atomic E-state index is 0.747. The fourth-order valence-electron chi connectivity index (χ4n) is 2.40. The second kappa shape index (κ2) is 5.78. The van der Waals surface area contributed by atoms with Crippen molar-refractivity contribution in [2.45, 2.75) is 32.0 Å². The second-order valence-corrected chi connectivity index (χ2v) is 6.58. The van der Waals surface area contributed by atoms with E-state index in [1.165, 1.54) is 29.3 Å². The van der Waals surface area contributed by atoms with Gasteiger partial charge in [-0.3, -0.25) is 0 Å². The first kappa shape index (κ1) is 13.3. The van der Waals surface area contributed by atoms with Crippen molar-refractivity contribution < 1.29 is 0 Å². The monoisotopic (exact) mass is 294 g/mol. The van der Waals surface area contributed by atoms with Crippen LogP contribution < -0.4 is 5.32 Å². The van der Waals surface area contributed by atoms with Gasteiger partial charge in [0.25, 0.3) is 0 Å². The molecule has 0 bridgehead atoms. The molecule has 0 radical (unpaired) electrons. The molecule has 0 amide bonds. The number of nitrogens with zero attached hydrogens (tertiary/aromatic N) is 1. The van der Waals surface area contributed by atoms with Crippen LogP contribution in [0.1, 0.15) is 18.4 Å². The van der Waals surface area contributed by atoms with Crippen LogP contribution in [0.3, 0.4) is 0 Å². The lowest BCUT2D eigenvalue weighted by molar-refractivity contribution is 0.686. The molecular formula is C15H19ClN2S. The molecule has 1 fully saturated rings. The summed E-state index contributed by atoms with van der Waals surface area (Å²) in [6.45, 7) is 2.01. The summed E-state index contributed by atoms with van der Waals surface area (Å²) in [6, 6.07) is 6.97. The molecule has 4 heteroatoms. The maximum atomic E-state index is 6.14. The Morgan fingerprint density at radius 3 is 3.00 bits per heavy atom. The van der Waals surface area contributed by atoms with Gasteiger partial charge in [0, 0.05) is 47.0 Å². The number of thioether (sulfide) groups is 1. The Morgan fingerprint density at radius 1 is 1.42 bits per heavy atom. The van der Waals surface area contributed by atoms with Gasteiger partial charge < -0.3 is 9.88 Å². The highest BCUT2D eigenvalue weighted by Crippen LogP contribution is 2.26. The van der Waals surface area contributed by atoms with Crippen molar-refractivity contribution in [1.29, 1.82) is 0 Å². The summed E-state index contributed by atoms with van der Waals surface area (Å²) < 4.78 is 2.33. The molecule has 0 spiro atoms. The summed E-state index contributed by atoms with van der Waals surface area (Å²) >= 11 is 8.01. The predicted molar refractivity (Wildman–Crippen MR) is 85.2 cm³/mol. The number of nitrogens with one attached hydrogen (secondary N) is 1. The lowest BCUT2D eigenvalue weighted by Gasteiger charge is -2.03. The van der Waals surface area contributed by atoms with E-state index in [0.29, 0.717) is 0 Å². The first-order valence-electron chi connectivity index (χ1n) is 6.77. The smallest absolute Gasteiger partial charge is 0.0498 e. The molecule has 0 atom stereocenters. The fraction of sp³-hybridized carbons (Fsp3) is 0.467. The molecular weight excluding hydrogens is 276 g/mol. The SMILES string of the molecule is CSCCn1cc(CNC2CC2)c2ccc(Cl)cc21. The summed E-state index contributed by atoms with van der Waals surface area (Å²) in [7, 11) is 0.